The van der Waals surface area contributed by atoms with Crippen LogP contribution in [0.2, 0.25) is 0 Å². The number of amides is 1. The standard InChI is InChI=1S/C11H20N2O2/c1-9(8-15-2)11(14)13-7-10-4-3-5-12-6-10/h8,10,12H,3-7H2,1-2H3,(H,13,14)/b9-8-. The van der Waals surface area contributed by atoms with Crippen molar-refractivity contribution in [3.8, 4) is 0 Å². The average molecular weight is 212 g/mol. The summed E-state index contributed by atoms with van der Waals surface area (Å²) in [6, 6.07) is 0. The van der Waals surface area contributed by atoms with Crippen LogP contribution in [0.3, 0.4) is 0 Å². The highest BCUT2D eigenvalue weighted by Crippen LogP contribution is 2.08. The van der Waals surface area contributed by atoms with Gasteiger partial charge in [0.05, 0.1) is 13.4 Å². The molecule has 1 atom stereocenters. The fraction of sp³-hybridized carbons (Fsp3) is 0.727. The van der Waals surface area contributed by atoms with E-state index in [1.165, 1.54) is 19.1 Å². The van der Waals surface area contributed by atoms with Gasteiger partial charge in [-0.3, -0.25) is 4.79 Å². The molecule has 1 saturated heterocycles. The Labute approximate surface area is 91.1 Å². The van der Waals surface area contributed by atoms with Crippen molar-refractivity contribution >= 4 is 5.91 Å². The van der Waals surface area contributed by atoms with E-state index in [1.807, 2.05) is 0 Å². The van der Waals surface area contributed by atoms with Gasteiger partial charge in [0.1, 0.15) is 0 Å². The molecule has 0 aromatic heterocycles. The Kier molecular flexibility index (Phi) is 5.18. The molecule has 2 N–H and O–H groups in total. The zero-order chi connectivity index (χ0) is 11.1. The van der Waals surface area contributed by atoms with E-state index in [2.05, 4.69) is 10.6 Å². The normalized spacial score (nSPS) is 22.3. The lowest BCUT2D eigenvalue weighted by Crippen LogP contribution is -2.38. The molecule has 1 aliphatic heterocycles. The van der Waals surface area contributed by atoms with Crippen LogP contribution in [0.1, 0.15) is 19.8 Å². The van der Waals surface area contributed by atoms with Gasteiger partial charge in [-0.05, 0) is 38.8 Å². The van der Waals surface area contributed by atoms with Crippen molar-refractivity contribution in [3.05, 3.63) is 11.8 Å². The molecule has 0 spiro atoms. The SMILES string of the molecule is CO/C=C(/C)C(=O)NCC1CCCNC1. The van der Waals surface area contributed by atoms with Gasteiger partial charge in [-0.15, -0.1) is 0 Å². The highest BCUT2D eigenvalue weighted by atomic mass is 16.5. The summed E-state index contributed by atoms with van der Waals surface area (Å²) in [5, 5.41) is 6.23. The van der Waals surface area contributed by atoms with Crippen LogP contribution in [-0.2, 0) is 9.53 Å². The van der Waals surface area contributed by atoms with E-state index in [4.69, 9.17) is 4.74 Å². The van der Waals surface area contributed by atoms with Gasteiger partial charge < -0.3 is 15.4 Å². The lowest BCUT2D eigenvalue weighted by atomic mass is 10.00. The lowest BCUT2D eigenvalue weighted by Gasteiger charge is -2.22. The number of methoxy groups -OCH3 is 1. The third-order valence-electron chi connectivity index (χ3n) is 2.60. The van der Waals surface area contributed by atoms with E-state index in [9.17, 15) is 4.79 Å². The van der Waals surface area contributed by atoms with Gasteiger partial charge in [-0.2, -0.15) is 0 Å². The summed E-state index contributed by atoms with van der Waals surface area (Å²) < 4.78 is 4.78. The molecule has 0 aliphatic carbocycles. The van der Waals surface area contributed by atoms with Crippen molar-refractivity contribution < 1.29 is 9.53 Å². The summed E-state index contributed by atoms with van der Waals surface area (Å²) in [6.45, 7) is 4.61. The molecule has 0 radical (unpaired) electrons. The highest BCUT2D eigenvalue weighted by molar-refractivity contribution is 5.92. The number of hydrogen-bond acceptors (Lipinski definition) is 3. The Morgan fingerprint density at radius 3 is 3.07 bits per heavy atom. The molecule has 0 aromatic rings. The van der Waals surface area contributed by atoms with Gasteiger partial charge in [0.25, 0.3) is 0 Å². The maximum Gasteiger partial charge on any atom is 0.250 e. The summed E-state index contributed by atoms with van der Waals surface area (Å²) in [5.41, 5.74) is 0.612. The minimum atomic E-state index is -0.0394. The summed E-state index contributed by atoms with van der Waals surface area (Å²) in [6.07, 6.45) is 3.86. The first-order valence-corrected chi connectivity index (χ1v) is 5.42. The number of piperidine rings is 1. The number of rotatable bonds is 4. The molecule has 1 amide bonds. The van der Waals surface area contributed by atoms with Crippen molar-refractivity contribution in [3.63, 3.8) is 0 Å². The van der Waals surface area contributed by atoms with Crippen LogP contribution in [0.15, 0.2) is 11.8 Å². The predicted octanol–water partition coefficient (Wildman–Crippen LogP) is 0.652. The molecule has 4 nitrogen and oxygen atoms in total. The Balaban J connectivity index is 2.23. The molecule has 1 rings (SSSR count). The van der Waals surface area contributed by atoms with Crippen LogP contribution in [-0.4, -0.2) is 32.7 Å². The molecule has 0 aromatic carbocycles. The maximum absolute atomic E-state index is 11.5. The van der Waals surface area contributed by atoms with Crippen LogP contribution in [0.5, 0.6) is 0 Å². The van der Waals surface area contributed by atoms with Crippen LogP contribution >= 0.6 is 0 Å². The number of hydrogen-bond donors (Lipinski definition) is 2. The fourth-order valence-corrected chi connectivity index (χ4v) is 1.70. The zero-order valence-corrected chi connectivity index (χ0v) is 9.51. The first kappa shape index (κ1) is 12.0. The topological polar surface area (TPSA) is 50.4 Å². The average Bonchev–Trinajstić information content (AvgIpc) is 2.27. The molecule has 15 heavy (non-hydrogen) atoms. The van der Waals surface area contributed by atoms with Crippen molar-refractivity contribution in [1.29, 1.82) is 0 Å². The summed E-state index contributed by atoms with van der Waals surface area (Å²) in [7, 11) is 1.54. The zero-order valence-electron chi connectivity index (χ0n) is 9.51. The van der Waals surface area contributed by atoms with Gasteiger partial charge in [0, 0.05) is 12.1 Å². The largest absolute Gasteiger partial charge is 0.504 e. The number of ether oxygens (including phenoxy) is 1. The van der Waals surface area contributed by atoms with Crippen molar-refractivity contribution in [2.24, 2.45) is 5.92 Å². The maximum atomic E-state index is 11.5. The van der Waals surface area contributed by atoms with E-state index < -0.39 is 0 Å². The summed E-state index contributed by atoms with van der Waals surface area (Å²) >= 11 is 0. The van der Waals surface area contributed by atoms with Crippen molar-refractivity contribution in [2.75, 3.05) is 26.7 Å². The third-order valence-corrected chi connectivity index (χ3v) is 2.60. The van der Waals surface area contributed by atoms with Crippen LogP contribution < -0.4 is 10.6 Å². The summed E-state index contributed by atoms with van der Waals surface area (Å²) in [4.78, 5) is 11.5. The van der Waals surface area contributed by atoms with E-state index in [0.717, 1.165) is 19.6 Å². The second-order valence-electron chi connectivity index (χ2n) is 3.96. The quantitative estimate of drug-likeness (QED) is 0.531. The monoisotopic (exact) mass is 212 g/mol. The first-order valence-electron chi connectivity index (χ1n) is 5.42. The highest BCUT2D eigenvalue weighted by Gasteiger charge is 2.14. The smallest absolute Gasteiger partial charge is 0.250 e. The molecule has 4 heteroatoms. The predicted molar refractivity (Wildman–Crippen MR) is 59.4 cm³/mol. The first-order chi connectivity index (χ1) is 7.24. The number of carbonyl (C=O) groups excluding carboxylic acids is 1. The summed E-state index contributed by atoms with van der Waals surface area (Å²) in [5.74, 6) is 0.528. The van der Waals surface area contributed by atoms with E-state index in [0.29, 0.717) is 11.5 Å². The second kappa shape index (κ2) is 6.45. The number of carbonyl (C=O) groups is 1. The van der Waals surface area contributed by atoms with E-state index >= 15 is 0 Å². The molecule has 1 fully saturated rings. The Morgan fingerprint density at radius 1 is 1.67 bits per heavy atom. The Bertz CT molecular complexity index is 233. The minimum absolute atomic E-state index is 0.0394. The molecule has 86 valence electrons. The van der Waals surface area contributed by atoms with Gasteiger partial charge in [0.2, 0.25) is 5.91 Å². The van der Waals surface area contributed by atoms with Crippen molar-refractivity contribution in [1.82, 2.24) is 10.6 Å². The molecule has 1 heterocycles. The Hall–Kier alpha value is -1.03. The number of nitrogens with one attached hydrogen (secondary N) is 2. The van der Waals surface area contributed by atoms with Crippen LogP contribution in [0, 0.1) is 5.92 Å². The molecule has 1 unspecified atom stereocenters. The van der Waals surface area contributed by atoms with Gasteiger partial charge in [0.15, 0.2) is 0 Å². The van der Waals surface area contributed by atoms with Gasteiger partial charge >= 0.3 is 0 Å². The fourth-order valence-electron chi connectivity index (χ4n) is 1.70. The second-order valence-corrected chi connectivity index (χ2v) is 3.96. The van der Waals surface area contributed by atoms with Crippen LogP contribution in [0.4, 0.5) is 0 Å². The molecule has 1 aliphatic rings. The minimum Gasteiger partial charge on any atom is -0.504 e. The van der Waals surface area contributed by atoms with E-state index in [1.54, 1.807) is 14.0 Å². The molecular formula is C11H20N2O2. The lowest BCUT2D eigenvalue weighted by molar-refractivity contribution is -0.117. The molecule has 0 saturated carbocycles. The van der Waals surface area contributed by atoms with Gasteiger partial charge in [-0.25, -0.2) is 0 Å². The Morgan fingerprint density at radius 2 is 2.47 bits per heavy atom. The van der Waals surface area contributed by atoms with Crippen LogP contribution in [0.25, 0.3) is 0 Å². The van der Waals surface area contributed by atoms with Crippen molar-refractivity contribution in [2.45, 2.75) is 19.8 Å². The third kappa shape index (κ3) is 4.34. The van der Waals surface area contributed by atoms with E-state index in [-0.39, 0.29) is 5.91 Å². The molecular weight excluding hydrogens is 192 g/mol. The molecule has 0 bridgehead atoms. The van der Waals surface area contributed by atoms with Gasteiger partial charge in [-0.1, -0.05) is 0 Å².